The van der Waals surface area contributed by atoms with Crippen LogP contribution in [0.25, 0.3) is 0 Å². The third-order valence-electron chi connectivity index (χ3n) is 11.3. The fraction of sp³-hybridized carbons (Fsp3) is 0.575. The van der Waals surface area contributed by atoms with Crippen LogP contribution < -0.4 is 10.1 Å². The lowest BCUT2D eigenvalue weighted by atomic mass is 10.00. The minimum Gasteiger partial charge on any atom is -0.465 e. The summed E-state index contributed by atoms with van der Waals surface area (Å²) >= 11 is 0. The van der Waals surface area contributed by atoms with Gasteiger partial charge in [0.2, 0.25) is 0 Å². The normalized spacial score (nSPS) is 19.7. The number of likely N-dealkylation sites (tertiary alicyclic amines) is 2. The van der Waals surface area contributed by atoms with E-state index in [2.05, 4.69) is 15.1 Å². The predicted molar refractivity (Wildman–Crippen MR) is 201 cm³/mol. The average molecular weight is 747 g/mol. The highest BCUT2D eigenvalue weighted by atomic mass is 16.6. The molecule has 4 aliphatic rings. The number of amides is 4. The summed E-state index contributed by atoms with van der Waals surface area (Å²) < 4.78 is 16.4. The molecule has 292 valence electrons. The van der Waals surface area contributed by atoms with Gasteiger partial charge >= 0.3 is 18.1 Å². The molecule has 6 rings (SSSR count). The summed E-state index contributed by atoms with van der Waals surface area (Å²) in [7, 11) is 0. The number of carbonyl (C=O) groups is 5. The van der Waals surface area contributed by atoms with Crippen molar-refractivity contribution < 1.29 is 38.2 Å². The summed E-state index contributed by atoms with van der Waals surface area (Å²) in [6.45, 7) is 12.1. The van der Waals surface area contributed by atoms with Gasteiger partial charge in [0, 0.05) is 83.1 Å². The Balaban J connectivity index is 1.07. The Labute approximate surface area is 317 Å². The number of fused-ring (bicyclic) bond motifs is 1. The number of nitrogens with one attached hydrogen (secondary N) is 1. The third-order valence-corrected chi connectivity index (χ3v) is 11.3. The van der Waals surface area contributed by atoms with Gasteiger partial charge in [-0.1, -0.05) is 30.3 Å². The Bertz CT molecular complexity index is 1640. The van der Waals surface area contributed by atoms with E-state index < -0.39 is 12.2 Å². The molecular weight excluding hydrogens is 692 g/mol. The number of aryl methyl sites for hydroxylation is 2. The van der Waals surface area contributed by atoms with Crippen LogP contribution in [0.4, 0.5) is 15.3 Å². The number of benzene rings is 2. The number of urea groups is 1. The number of piperidine rings is 2. The van der Waals surface area contributed by atoms with Crippen molar-refractivity contribution in [3.63, 3.8) is 0 Å². The SMILES string of the molecule is CCOC(=O)CN1CCC(N2CCN(C(=O)[C@@H](Cc3cc(C)c(OC=O)c(C)c3)OC(=O)N3CCC(N4CCc5ccccc5NC4=O)CC3)CC2)CC1. The number of esters is 1. The quantitative estimate of drug-likeness (QED) is 0.268. The van der Waals surface area contributed by atoms with Gasteiger partial charge in [0.1, 0.15) is 5.75 Å². The van der Waals surface area contributed by atoms with Gasteiger partial charge < -0.3 is 34.2 Å². The van der Waals surface area contributed by atoms with E-state index in [4.69, 9.17) is 14.2 Å². The number of carbonyl (C=O) groups excluding carboxylic acids is 5. The highest BCUT2D eigenvalue weighted by Crippen LogP contribution is 2.28. The van der Waals surface area contributed by atoms with Crippen molar-refractivity contribution in [1.29, 1.82) is 0 Å². The fourth-order valence-electron chi connectivity index (χ4n) is 8.42. The highest BCUT2D eigenvalue weighted by Gasteiger charge is 2.36. The average Bonchev–Trinajstić information content (AvgIpc) is 3.34. The maximum Gasteiger partial charge on any atom is 0.410 e. The van der Waals surface area contributed by atoms with Gasteiger partial charge in [-0.05, 0) is 81.2 Å². The van der Waals surface area contributed by atoms with Crippen LogP contribution in [0.15, 0.2) is 36.4 Å². The molecule has 4 aliphatic heterocycles. The Morgan fingerprint density at radius 1 is 0.870 bits per heavy atom. The number of nitrogens with zero attached hydrogens (tertiary/aromatic N) is 5. The predicted octanol–water partition coefficient (Wildman–Crippen LogP) is 3.61. The van der Waals surface area contributed by atoms with Crippen LogP contribution in [0.1, 0.15) is 54.9 Å². The second kappa shape index (κ2) is 18.1. The summed E-state index contributed by atoms with van der Waals surface area (Å²) in [6, 6.07) is 11.8. The molecule has 0 radical (unpaired) electrons. The number of piperazine rings is 1. The van der Waals surface area contributed by atoms with Gasteiger partial charge in [0.25, 0.3) is 12.4 Å². The van der Waals surface area contributed by atoms with E-state index in [1.165, 1.54) is 0 Å². The molecule has 4 amide bonds. The molecule has 14 nitrogen and oxygen atoms in total. The minimum absolute atomic E-state index is 0.0139. The molecule has 0 aliphatic carbocycles. The Morgan fingerprint density at radius 2 is 1.54 bits per heavy atom. The summed E-state index contributed by atoms with van der Waals surface area (Å²) in [5.41, 5.74) is 4.25. The molecule has 3 fully saturated rings. The Morgan fingerprint density at radius 3 is 2.20 bits per heavy atom. The van der Waals surface area contributed by atoms with Gasteiger partial charge in [0.15, 0.2) is 6.10 Å². The largest absolute Gasteiger partial charge is 0.465 e. The number of ether oxygens (including phenoxy) is 3. The second-order valence-electron chi connectivity index (χ2n) is 14.8. The van der Waals surface area contributed by atoms with E-state index in [0.717, 1.165) is 60.3 Å². The van der Waals surface area contributed by atoms with Gasteiger partial charge in [-0.3, -0.25) is 24.2 Å². The molecule has 2 aromatic carbocycles. The summed E-state index contributed by atoms with van der Waals surface area (Å²) in [5.74, 6) is 0.0552. The van der Waals surface area contributed by atoms with Gasteiger partial charge in [0.05, 0.1) is 13.2 Å². The maximum absolute atomic E-state index is 14.2. The molecule has 1 atom stereocenters. The number of anilines is 1. The standard InChI is InChI=1S/C40H54N6O8/c1-4-52-36(48)26-42-14-10-32(11-15-42)43-19-21-44(22-20-43)38(49)35(25-30-23-28(2)37(53-27-47)29(3)24-30)54-40(51)45-16-12-33(13-17-45)46-18-9-31-7-5-6-8-34(31)41-39(46)50/h5-8,23-24,27,32-33,35H,4,9-22,25-26H2,1-3H3,(H,41,50)/t35-/m1/s1. The van der Waals surface area contributed by atoms with E-state index in [1.807, 2.05) is 62.1 Å². The molecule has 0 saturated carbocycles. The molecule has 1 N–H and O–H groups in total. The van der Waals surface area contributed by atoms with Crippen LogP contribution in [0, 0.1) is 13.8 Å². The zero-order valence-electron chi connectivity index (χ0n) is 31.8. The molecule has 4 heterocycles. The summed E-state index contributed by atoms with van der Waals surface area (Å²) in [6.07, 6.45) is 2.47. The van der Waals surface area contributed by atoms with Crippen molar-refractivity contribution in [2.45, 2.75) is 77.5 Å². The second-order valence-corrected chi connectivity index (χ2v) is 14.8. The van der Waals surface area contributed by atoms with Crippen LogP contribution in [-0.4, -0.2) is 145 Å². The van der Waals surface area contributed by atoms with Crippen LogP contribution >= 0.6 is 0 Å². The minimum atomic E-state index is -1.04. The molecular formula is C40H54N6O8. The first-order valence-electron chi connectivity index (χ1n) is 19.4. The zero-order chi connectivity index (χ0) is 38.2. The van der Waals surface area contributed by atoms with Crippen LogP contribution in [0.2, 0.25) is 0 Å². The van der Waals surface area contributed by atoms with Gasteiger partial charge in [-0.25, -0.2) is 9.59 Å². The lowest BCUT2D eigenvalue weighted by molar-refractivity contribution is -0.144. The lowest BCUT2D eigenvalue weighted by Gasteiger charge is -2.43. The fourth-order valence-corrected chi connectivity index (χ4v) is 8.42. The first-order valence-corrected chi connectivity index (χ1v) is 19.4. The monoisotopic (exact) mass is 746 g/mol. The van der Waals surface area contributed by atoms with Crippen molar-refractivity contribution in [3.05, 3.63) is 58.7 Å². The molecule has 14 heteroatoms. The van der Waals surface area contributed by atoms with Crippen LogP contribution in [-0.2, 0) is 36.7 Å². The summed E-state index contributed by atoms with van der Waals surface area (Å²) in [4.78, 5) is 74.0. The third kappa shape index (κ3) is 9.51. The van der Waals surface area contributed by atoms with Crippen molar-refractivity contribution in [1.82, 2.24) is 24.5 Å². The first-order chi connectivity index (χ1) is 26.1. The van der Waals surface area contributed by atoms with Gasteiger partial charge in [-0.15, -0.1) is 0 Å². The van der Waals surface area contributed by atoms with Crippen molar-refractivity contribution in [2.75, 3.05) is 77.4 Å². The Hall–Kier alpha value is -4.69. The molecule has 0 spiro atoms. The topological polar surface area (TPSA) is 141 Å². The number of hydrogen-bond donors (Lipinski definition) is 1. The lowest BCUT2D eigenvalue weighted by Crippen LogP contribution is -2.57. The highest BCUT2D eigenvalue weighted by molar-refractivity contribution is 5.91. The molecule has 54 heavy (non-hydrogen) atoms. The van der Waals surface area contributed by atoms with Crippen LogP contribution in [0.3, 0.4) is 0 Å². The number of rotatable bonds is 11. The van der Waals surface area contributed by atoms with E-state index in [1.54, 1.807) is 9.80 Å². The molecule has 0 bridgehead atoms. The van der Waals surface area contributed by atoms with Crippen molar-refractivity contribution in [2.24, 2.45) is 0 Å². The molecule has 2 aromatic rings. The van der Waals surface area contributed by atoms with E-state index in [0.29, 0.717) is 90.1 Å². The van der Waals surface area contributed by atoms with Crippen molar-refractivity contribution >= 4 is 36.2 Å². The zero-order valence-corrected chi connectivity index (χ0v) is 31.8. The van der Waals surface area contributed by atoms with Crippen LogP contribution in [0.5, 0.6) is 5.75 Å². The smallest absolute Gasteiger partial charge is 0.410 e. The van der Waals surface area contributed by atoms with E-state index >= 15 is 0 Å². The summed E-state index contributed by atoms with van der Waals surface area (Å²) in [5, 5.41) is 3.04. The number of para-hydroxylation sites is 1. The maximum atomic E-state index is 14.2. The van der Waals surface area contributed by atoms with Crippen molar-refractivity contribution in [3.8, 4) is 5.75 Å². The Kier molecular flexibility index (Phi) is 13.1. The van der Waals surface area contributed by atoms with E-state index in [-0.39, 0.29) is 30.4 Å². The molecule has 3 saturated heterocycles. The first kappa shape index (κ1) is 39.0. The number of hydrogen-bond acceptors (Lipinski definition) is 10. The molecule has 0 aromatic heterocycles. The van der Waals surface area contributed by atoms with Gasteiger partial charge in [-0.2, -0.15) is 0 Å². The van der Waals surface area contributed by atoms with E-state index in [9.17, 15) is 24.0 Å². The molecule has 0 unspecified atom stereocenters.